The molecule has 0 aliphatic heterocycles. The lowest BCUT2D eigenvalue weighted by Crippen LogP contribution is -2.17. The molecule has 7 heteroatoms. The molecular formula is C22H19ClN4O2. The van der Waals surface area contributed by atoms with E-state index < -0.39 is 0 Å². The molecule has 0 atom stereocenters. The van der Waals surface area contributed by atoms with Gasteiger partial charge in [-0.3, -0.25) is 4.79 Å². The van der Waals surface area contributed by atoms with E-state index in [1.807, 2.05) is 54.6 Å². The van der Waals surface area contributed by atoms with Crippen LogP contribution in [0.15, 0.2) is 77.4 Å². The summed E-state index contributed by atoms with van der Waals surface area (Å²) >= 11 is 6.05. The van der Waals surface area contributed by atoms with Crippen molar-refractivity contribution in [3.8, 4) is 11.6 Å². The normalized spacial score (nSPS) is 10.8. The highest BCUT2D eigenvalue weighted by Gasteiger charge is 2.18. The van der Waals surface area contributed by atoms with Crippen molar-refractivity contribution in [1.82, 2.24) is 14.8 Å². The average Bonchev–Trinajstić information content (AvgIpc) is 3.41. The number of halogens is 1. The fourth-order valence-corrected chi connectivity index (χ4v) is 3.15. The first kappa shape index (κ1) is 19.0. The number of rotatable bonds is 7. The highest BCUT2D eigenvalue weighted by molar-refractivity contribution is 6.30. The van der Waals surface area contributed by atoms with Crippen LogP contribution >= 0.6 is 11.6 Å². The zero-order valence-electron chi connectivity index (χ0n) is 15.6. The van der Waals surface area contributed by atoms with Crippen LogP contribution in [0.1, 0.15) is 22.3 Å². The SMILES string of the molecule is O=C(CCc1ccccc1)n1nc(-c2ccco2)nc1NCc1cccc(Cl)c1. The quantitative estimate of drug-likeness (QED) is 0.463. The van der Waals surface area contributed by atoms with Crippen molar-refractivity contribution in [1.29, 1.82) is 0 Å². The summed E-state index contributed by atoms with van der Waals surface area (Å²) in [5, 5.41) is 8.21. The minimum atomic E-state index is -0.146. The van der Waals surface area contributed by atoms with Crippen molar-refractivity contribution in [3.05, 3.63) is 89.1 Å². The average molecular weight is 407 g/mol. The second-order valence-electron chi connectivity index (χ2n) is 6.51. The number of carbonyl (C=O) groups is 1. The molecule has 0 bridgehead atoms. The zero-order valence-corrected chi connectivity index (χ0v) is 16.3. The molecule has 0 saturated carbocycles. The second kappa shape index (κ2) is 8.75. The highest BCUT2D eigenvalue weighted by atomic mass is 35.5. The van der Waals surface area contributed by atoms with Gasteiger partial charge in [-0.2, -0.15) is 9.67 Å². The minimum Gasteiger partial charge on any atom is -0.461 e. The van der Waals surface area contributed by atoms with Gasteiger partial charge in [0.25, 0.3) is 0 Å². The summed E-state index contributed by atoms with van der Waals surface area (Å²) in [4.78, 5) is 17.3. The Bertz CT molecular complexity index is 1090. The van der Waals surface area contributed by atoms with Gasteiger partial charge in [-0.25, -0.2) is 0 Å². The molecule has 4 aromatic rings. The fraction of sp³-hybridized carbons (Fsp3) is 0.136. The van der Waals surface area contributed by atoms with E-state index >= 15 is 0 Å². The van der Waals surface area contributed by atoms with Crippen LogP contribution in [0.5, 0.6) is 0 Å². The Morgan fingerprint density at radius 3 is 2.62 bits per heavy atom. The summed E-state index contributed by atoms with van der Waals surface area (Å²) in [7, 11) is 0. The smallest absolute Gasteiger partial charge is 0.250 e. The topological polar surface area (TPSA) is 73.0 Å². The Morgan fingerprint density at radius 1 is 1.03 bits per heavy atom. The van der Waals surface area contributed by atoms with Gasteiger partial charge in [0.15, 0.2) is 5.76 Å². The van der Waals surface area contributed by atoms with Crippen LogP contribution in [-0.4, -0.2) is 20.7 Å². The van der Waals surface area contributed by atoms with E-state index in [2.05, 4.69) is 15.4 Å². The van der Waals surface area contributed by atoms with Crippen LogP contribution in [0.3, 0.4) is 0 Å². The molecule has 0 unspecified atom stereocenters. The number of aromatic nitrogens is 3. The first-order chi connectivity index (χ1) is 14.2. The van der Waals surface area contributed by atoms with Gasteiger partial charge in [-0.1, -0.05) is 54.1 Å². The van der Waals surface area contributed by atoms with Crippen LogP contribution in [0, 0.1) is 0 Å². The van der Waals surface area contributed by atoms with Gasteiger partial charge in [0.1, 0.15) is 0 Å². The maximum Gasteiger partial charge on any atom is 0.250 e. The molecule has 6 nitrogen and oxygen atoms in total. The Kier molecular flexibility index (Phi) is 5.72. The Balaban J connectivity index is 1.54. The molecule has 0 spiro atoms. The lowest BCUT2D eigenvalue weighted by Gasteiger charge is -2.08. The summed E-state index contributed by atoms with van der Waals surface area (Å²) in [6.45, 7) is 0.461. The van der Waals surface area contributed by atoms with Gasteiger partial charge in [0.05, 0.1) is 6.26 Å². The molecule has 0 saturated heterocycles. The van der Waals surface area contributed by atoms with Gasteiger partial charge in [-0.05, 0) is 41.8 Å². The van der Waals surface area contributed by atoms with Gasteiger partial charge in [-0.15, -0.1) is 5.10 Å². The summed E-state index contributed by atoms with van der Waals surface area (Å²) in [5.74, 6) is 1.09. The maximum atomic E-state index is 12.9. The molecule has 0 fully saturated rings. The molecule has 2 aromatic heterocycles. The van der Waals surface area contributed by atoms with Gasteiger partial charge < -0.3 is 9.73 Å². The van der Waals surface area contributed by atoms with E-state index in [-0.39, 0.29) is 5.91 Å². The third-order valence-corrected chi connectivity index (χ3v) is 4.63. The minimum absolute atomic E-state index is 0.146. The number of carbonyl (C=O) groups excluding carboxylic acids is 1. The van der Waals surface area contributed by atoms with Crippen LogP contribution in [0.2, 0.25) is 5.02 Å². The number of nitrogens with zero attached hydrogens (tertiary/aromatic N) is 3. The van der Waals surface area contributed by atoms with Gasteiger partial charge in [0, 0.05) is 18.0 Å². The molecule has 0 amide bonds. The molecule has 2 heterocycles. The predicted octanol–water partition coefficient (Wildman–Crippen LogP) is 5.08. The van der Waals surface area contributed by atoms with E-state index in [0.717, 1.165) is 11.1 Å². The fourth-order valence-electron chi connectivity index (χ4n) is 2.94. The third-order valence-electron chi connectivity index (χ3n) is 4.39. The number of aryl methyl sites for hydroxylation is 1. The third kappa shape index (κ3) is 4.73. The van der Waals surface area contributed by atoms with Gasteiger partial charge in [0.2, 0.25) is 17.7 Å². The zero-order chi connectivity index (χ0) is 20.1. The second-order valence-corrected chi connectivity index (χ2v) is 6.95. The maximum absolute atomic E-state index is 12.9. The number of hydrogen-bond acceptors (Lipinski definition) is 5. The molecule has 4 rings (SSSR count). The Morgan fingerprint density at radius 2 is 1.86 bits per heavy atom. The van der Waals surface area contributed by atoms with Crippen molar-refractivity contribution in [2.24, 2.45) is 0 Å². The van der Waals surface area contributed by atoms with Crippen molar-refractivity contribution >= 4 is 23.5 Å². The van der Waals surface area contributed by atoms with Crippen LogP contribution in [-0.2, 0) is 13.0 Å². The molecule has 2 aromatic carbocycles. The van der Waals surface area contributed by atoms with Crippen LogP contribution < -0.4 is 5.32 Å². The summed E-state index contributed by atoms with van der Waals surface area (Å²) in [6.07, 6.45) is 2.49. The van der Waals surface area contributed by atoms with Crippen molar-refractivity contribution < 1.29 is 9.21 Å². The molecule has 146 valence electrons. The lowest BCUT2D eigenvalue weighted by atomic mass is 10.1. The van der Waals surface area contributed by atoms with Gasteiger partial charge >= 0.3 is 0 Å². The van der Waals surface area contributed by atoms with E-state index in [1.54, 1.807) is 18.4 Å². The van der Waals surface area contributed by atoms with Crippen LogP contribution in [0.4, 0.5) is 5.95 Å². The molecule has 0 aliphatic rings. The lowest BCUT2D eigenvalue weighted by molar-refractivity contribution is 0.0890. The number of furan rings is 1. The molecule has 0 aliphatic carbocycles. The van der Waals surface area contributed by atoms with Crippen molar-refractivity contribution in [2.45, 2.75) is 19.4 Å². The highest BCUT2D eigenvalue weighted by Crippen LogP contribution is 2.20. The molecular weight excluding hydrogens is 388 g/mol. The number of anilines is 1. The van der Waals surface area contributed by atoms with E-state index in [9.17, 15) is 4.79 Å². The standard InChI is InChI=1S/C22H19ClN4O2/c23-18-9-4-8-17(14-18)15-24-22-25-21(19-10-5-13-29-19)26-27(22)20(28)12-11-16-6-2-1-3-7-16/h1-10,13-14H,11-12,15H2,(H,24,25,26). The molecule has 1 N–H and O–H groups in total. The number of nitrogens with one attached hydrogen (secondary N) is 1. The summed E-state index contributed by atoms with van der Waals surface area (Å²) in [6, 6.07) is 20.9. The summed E-state index contributed by atoms with van der Waals surface area (Å²) < 4.78 is 6.69. The predicted molar refractivity (Wildman–Crippen MR) is 112 cm³/mol. The monoisotopic (exact) mass is 406 g/mol. The number of hydrogen-bond donors (Lipinski definition) is 1. The van der Waals surface area contributed by atoms with E-state index in [0.29, 0.717) is 41.9 Å². The van der Waals surface area contributed by atoms with E-state index in [4.69, 9.17) is 16.0 Å². The first-order valence-corrected chi connectivity index (χ1v) is 9.63. The largest absolute Gasteiger partial charge is 0.461 e. The summed E-state index contributed by atoms with van der Waals surface area (Å²) in [5.41, 5.74) is 2.07. The van der Waals surface area contributed by atoms with E-state index in [1.165, 1.54) is 4.68 Å². The first-order valence-electron chi connectivity index (χ1n) is 9.25. The van der Waals surface area contributed by atoms with Crippen LogP contribution in [0.25, 0.3) is 11.6 Å². The molecule has 0 radical (unpaired) electrons. The van der Waals surface area contributed by atoms with Crippen molar-refractivity contribution in [3.63, 3.8) is 0 Å². The Labute approximate surface area is 173 Å². The molecule has 29 heavy (non-hydrogen) atoms. The Hall–Kier alpha value is -3.38. The van der Waals surface area contributed by atoms with Crippen molar-refractivity contribution in [2.75, 3.05) is 5.32 Å². The number of benzene rings is 2.